The number of anilines is 1. The molecule has 5 aromatic rings. The van der Waals surface area contributed by atoms with Gasteiger partial charge in [-0.2, -0.15) is 0 Å². The number of ether oxygens (including phenoxy) is 1. The number of aromatic hydroxyl groups is 1. The summed E-state index contributed by atoms with van der Waals surface area (Å²) in [5.74, 6) is 1.81. The molecule has 0 saturated heterocycles. The van der Waals surface area contributed by atoms with Crippen LogP contribution in [0.5, 0.6) is 17.4 Å². The van der Waals surface area contributed by atoms with Gasteiger partial charge >= 0.3 is 0 Å². The fraction of sp³-hybridized carbons (Fsp3) is 0.0938. The van der Waals surface area contributed by atoms with Crippen molar-refractivity contribution >= 4 is 28.1 Å². The Bertz CT molecular complexity index is 1780. The van der Waals surface area contributed by atoms with Gasteiger partial charge in [-0.05, 0) is 41.8 Å². The number of hydrogen-bond acceptors (Lipinski definition) is 5. The van der Waals surface area contributed by atoms with Gasteiger partial charge in [0.25, 0.3) is 0 Å². The second kappa shape index (κ2) is 10.0. The predicted molar refractivity (Wildman–Crippen MR) is 147 cm³/mol. The van der Waals surface area contributed by atoms with Gasteiger partial charge in [-0.25, -0.2) is 9.83 Å². The van der Waals surface area contributed by atoms with Crippen molar-refractivity contribution < 1.29 is 30.9 Å². The third-order valence-electron chi connectivity index (χ3n) is 7.12. The van der Waals surface area contributed by atoms with E-state index in [1.165, 1.54) is 11.1 Å². The summed E-state index contributed by atoms with van der Waals surface area (Å²) in [4.78, 5) is 15.5. The second-order valence-electron chi connectivity index (χ2n) is 9.40. The molecular weight excluding hydrogens is 667 g/mol. The molecule has 0 bridgehead atoms. The van der Waals surface area contributed by atoms with E-state index in [0.29, 0.717) is 22.8 Å². The van der Waals surface area contributed by atoms with E-state index in [2.05, 4.69) is 45.1 Å². The van der Waals surface area contributed by atoms with E-state index in [9.17, 15) is 5.11 Å². The molecule has 7 heteroatoms. The number of benzene rings is 4. The van der Waals surface area contributed by atoms with Crippen LogP contribution in [0.1, 0.15) is 22.7 Å². The van der Waals surface area contributed by atoms with Crippen LogP contribution in [0, 0.1) is 12.6 Å². The quantitative estimate of drug-likeness (QED) is 0.207. The maximum Gasteiger partial charge on any atom is 0.217 e. The van der Waals surface area contributed by atoms with Crippen molar-refractivity contribution in [3.63, 3.8) is 0 Å². The summed E-state index contributed by atoms with van der Waals surface area (Å²) in [5, 5.41) is 11.0. The van der Waals surface area contributed by atoms with Gasteiger partial charge in [0, 0.05) is 44.0 Å². The number of hydrogen-bond donors (Lipinski definition) is 1. The molecule has 0 amide bonds. The molecule has 0 unspecified atom stereocenters. The standard InChI is InChI=1S/C32H21N4O2.Pt/c1-33-23-13-15-24(16-14-23)36-31-26-10-3-2-6-21(26)19-27(31)34-32(36)22-8-4-9-25(18-22)38-29-17-12-20-7-5-11-28(37)30(20)35-29;/h2-17,27,31,37H,19H2;/q-1;/t27-,31-;/m0./s1. The number of nitrogens with zero attached hydrogens (tertiary/aromatic N) is 4. The van der Waals surface area contributed by atoms with Crippen LogP contribution in [-0.2, 0) is 27.5 Å². The number of para-hydroxylation sites is 1. The Morgan fingerprint density at radius 1 is 0.923 bits per heavy atom. The third-order valence-corrected chi connectivity index (χ3v) is 7.12. The average Bonchev–Trinajstić information content (AvgIpc) is 3.50. The van der Waals surface area contributed by atoms with Crippen molar-refractivity contribution in [2.45, 2.75) is 18.5 Å². The van der Waals surface area contributed by atoms with E-state index in [-0.39, 0.29) is 38.9 Å². The fourth-order valence-corrected chi connectivity index (χ4v) is 5.42. The van der Waals surface area contributed by atoms with Crippen LogP contribution in [-0.4, -0.2) is 22.0 Å². The molecule has 2 atom stereocenters. The van der Waals surface area contributed by atoms with Crippen LogP contribution in [0.2, 0.25) is 0 Å². The molecule has 7 rings (SSSR count). The Labute approximate surface area is 240 Å². The molecule has 6 nitrogen and oxygen atoms in total. The summed E-state index contributed by atoms with van der Waals surface area (Å²) in [7, 11) is 0. The molecule has 0 radical (unpaired) electrons. The monoisotopic (exact) mass is 688 g/mol. The molecule has 2 heterocycles. The van der Waals surface area contributed by atoms with Gasteiger partial charge in [-0.1, -0.05) is 54.6 Å². The molecule has 0 fully saturated rings. The maximum atomic E-state index is 10.2. The normalized spacial score (nSPS) is 17.1. The van der Waals surface area contributed by atoms with Crippen molar-refractivity contribution in [3.05, 3.63) is 131 Å². The summed E-state index contributed by atoms with van der Waals surface area (Å²) in [6.07, 6.45) is 0.877. The Kier molecular flexibility index (Phi) is 6.38. The Morgan fingerprint density at radius 3 is 2.59 bits per heavy atom. The molecule has 1 aliphatic heterocycles. The molecule has 1 N–H and O–H groups in total. The first-order valence-electron chi connectivity index (χ1n) is 12.4. The van der Waals surface area contributed by atoms with Crippen molar-refractivity contribution in [1.29, 1.82) is 0 Å². The van der Waals surface area contributed by atoms with E-state index in [1.54, 1.807) is 18.2 Å². The smallest absolute Gasteiger partial charge is 0.217 e. The predicted octanol–water partition coefficient (Wildman–Crippen LogP) is 7.01. The van der Waals surface area contributed by atoms with Gasteiger partial charge < -0.3 is 19.7 Å². The van der Waals surface area contributed by atoms with Gasteiger partial charge in [0.2, 0.25) is 5.88 Å². The zero-order valence-electron chi connectivity index (χ0n) is 20.6. The zero-order valence-corrected chi connectivity index (χ0v) is 22.8. The van der Waals surface area contributed by atoms with E-state index >= 15 is 0 Å². The summed E-state index contributed by atoms with van der Waals surface area (Å²) >= 11 is 0. The van der Waals surface area contributed by atoms with Gasteiger partial charge in [-0.15, -0.1) is 23.8 Å². The SMILES string of the molecule is [C-]#[N+]c1ccc(N2C(c3[c-]c(Oc4ccc5cccc(O)c5n4)ccc3)=N[C@H]3Cc4ccccc4[C@@H]32)cc1.[Pt]. The van der Waals surface area contributed by atoms with E-state index in [0.717, 1.165) is 28.9 Å². The van der Waals surface area contributed by atoms with E-state index in [4.69, 9.17) is 16.3 Å². The van der Waals surface area contributed by atoms with Crippen molar-refractivity contribution in [2.75, 3.05) is 4.90 Å². The summed E-state index contributed by atoms with van der Waals surface area (Å²) < 4.78 is 6.08. The molecule has 2 aliphatic rings. The number of aromatic nitrogens is 1. The summed E-state index contributed by atoms with van der Waals surface area (Å²) in [6, 6.07) is 34.4. The molecule has 0 saturated carbocycles. The topological polar surface area (TPSA) is 62.3 Å². The molecule has 4 aromatic carbocycles. The van der Waals surface area contributed by atoms with Gasteiger partial charge in [0.1, 0.15) is 11.3 Å². The maximum absolute atomic E-state index is 10.2. The number of amidine groups is 1. The van der Waals surface area contributed by atoms with Gasteiger partial charge in [0.05, 0.1) is 24.5 Å². The summed E-state index contributed by atoms with van der Waals surface area (Å²) in [5.41, 5.74) is 5.48. The molecule has 192 valence electrons. The average molecular weight is 689 g/mol. The largest absolute Gasteiger partial charge is 0.506 e. The van der Waals surface area contributed by atoms with Crippen LogP contribution in [0.15, 0.2) is 102 Å². The zero-order chi connectivity index (χ0) is 25.6. The van der Waals surface area contributed by atoms with Crippen molar-refractivity contribution in [3.8, 4) is 17.4 Å². The molecule has 39 heavy (non-hydrogen) atoms. The van der Waals surface area contributed by atoms with Crippen molar-refractivity contribution in [2.24, 2.45) is 4.99 Å². The number of aliphatic imine (C=N–C) groups is 1. The number of phenols is 1. The Balaban J connectivity index is 0.00000277. The minimum atomic E-state index is 0. The summed E-state index contributed by atoms with van der Waals surface area (Å²) in [6.45, 7) is 7.33. The van der Waals surface area contributed by atoms with E-state index in [1.807, 2.05) is 54.6 Å². The molecule has 1 aromatic heterocycles. The van der Waals surface area contributed by atoms with Crippen LogP contribution >= 0.6 is 0 Å². The van der Waals surface area contributed by atoms with Crippen LogP contribution in [0.25, 0.3) is 15.7 Å². The first kappa shape index (κ1) is 24.9. The first-order chi connectivity index (χ1) is 18.7. The molecule has 1 aliphatic carbocycles. The minimum Gasteiger partial charge on any atom is -0.506 e. The number of rotatable bonds is 4. The number of fused-ring (bicyclic) bond motifs is 4. The Hall–Kier alpha value is -4.46. The van der Waals surface area contributed by atoms with Crippen molar-refractivity contribution in [1.82, 2.24) is 4.98 Å². The number of phenolic OH excluding ortho intramolecular Hbond substituents is 1. The minimum absolute atomic E-state index is 0. The Morgan fingerprint density at radius 2 is 1.74 bits per heavy atom. The molecular formula is C32H21N4O2Pt-. The molecule has 0 spiro atoms. The van der Waals surface area contributed by atoms with Gasteiger partial charge in [0.15, 0.2) is 5.69 Å². The third kappa shape index (κ3) is 4.35. The number of pyridine rings is 1. The van der Waals surface area contributed by atoms with Gasteiger partial charge in [-0.3, -0.25) is 0 Å². The van der Waals surface area contributed by atoms with E-state index < -0.39 is 0 Å². The van der Waals surface area contributed by atoms with Crippen LogP contribution < -0.4 is 9.64 Å². The van der Waals surface area contributed by atoms with Crippen LogP contribution in [0.4, 0.5) is 11.4 Å². The first-order valence-corrected chi connectivity index (χ1v) is 12.4. The second-order valence-corrected chi connectivity index (χ2v) is 9.40. The van der Waals surface area contributed by atoms with Crippen LogP contribution in [0.3, 0.4) is 0 Å². The fourth-order valence-electron chi connectivity index (χ4n) is 5.42.